The molecular weight excluding hydrogens is 431 g/mol. The molecule has 4 rings (SSSR count). The molecule has 0 saturated carbocycles. The van der Waals surface area contributed by atoms with E-state index < -0.39 is 34.8 Å². The molecule has 33 heavy (non-hydrogen) atoms. The standard InChI is InChI=1S/C22H21FN6O4/c1-28-19(16-3-2-10-29(16)21(32)15-8-9-24-12-26-15)27-17(18(30)22(28)33)20(31)25-11-13-4-6-14(23)7-5-13/h4-9,12,16,30H,2-3,10-11H2,1H3,(H,25,31). The molecule has 1 aromatic carbocycles. The second kappa shape index (κ2) is 9.15. The van der Waals surface area contributed by atoms with Crippen LogP contribution in [0.4, 0.5) is 4.39 Å². The molecule has 1 fully saturated rings. The van der Waals surface area contributed by atoms with Crippen molar-refractivity contribution in [2.45, 2.75) is 25.4 Å². The predicted molar refractivity (Wildman–Crippen MR) is 114 cm³/mol. The smallest absolute Gasteiger partial charge is 0.296 e. The third-order valence-electron chi connectivity index (χ3n) is 5.50. The van der Waals surface area contributed by atoms with Crippen molar-refractivity contribution >= 4 is 11.8 Å². The highest BCUT2D eigenvalue weighted by molar-refractivity contribution is 5.95. The van der Waals surface area contributed by atoms with Crippen LogP contribution in [0.15, 0.2) is 47.7 Å². The van der Waals surface area contributed by atoms with E-state index in [0.717, 1.165) is 4.57 Å². The van der Waals surface area contributed by atoms with Gasteiger partial charge in [0.1, 0.15) is 23.7 Å². The van der Waals surface area contributed by atoms with E-state index in [1.807, 2.05) is 0 Å². The Morgan fingerprint density at radius 1 is 1.24 bits per heavy atom. The van der Waals surface area contributed by atoms with Gasteiger partial charge in [0.15, 0.2) is 5.69 Å². The molecule has 2 aromatic heterocycles. The van der Waals surface area contributed by atoms with Crippen LogP contribution in [-0.4, -0.2) is 47.9 Å². The molecule has 2 N–H and O–H groups in total. The van der Waals surface area contributed by atoms with Gasteiger partial charge in [0.25, 0.3) is 17.4 Å². The minimum atomic E-state index is -0.798. The highest BCUT2D eigenvalue weighted by Gasteiger charge is 2.35. The Morgan fingerprint density at radius 2 is 2.00 bits per heavy atom. The largest absolute Gasteiger partial charge is 0.501 e. The highest BCUT2D eigenvalue weighted by Crippen LogP contribution is 2.32. The Morgan fingerprint density at radius 3 is 2.70 bits per heavy atom. The fourth-order valence-electron chi connectivity index (χ4n) is 3.77. The SMILES string of the molecule is Cn1c(C2CCCN2C(=O)c2ccncn2)nc(C(=O)NCc2ccc(F)cc2)c(O)c1=O. The highest BCUT2D eigenvalue weighted by atomic mass is 19.1. The third-order valence-corrected chi connectivity index (χ3v) is 5.50. The van der Waals surface area contributed by atoms with Crippen molar-refractivity contribution in [1.82, 2.24) is 29.7 Å². The molecule has 10 nitrogen and oxygen atoms in total. The first-order valence-electron chi connectivity index (χ1n) is 10.3. The van der Waals surface area contributed by atoms with Crippen LogP contribution in [0, 0.1) is 5.82 Å². The Bertz CT molecular complexity index is 1250. The van der Waals surface area contributed by atoms with Gasteiger partial charge in [-0.3, -0.25) is 19.0 Å². The maximum atomic E-state index is 13.1. The molecule has 0 radical (unpaired) electrons. The summed E-state index contributed by atoms with van der Waals surface area (Å²) < 4.78 is 14.2. The number of carbonyl (C=O) groups is 2. The van der Waals surface area contributed by atoms with Gasteiger partial charge in [-0.2, -0.15) is 0 Å². The first-order valence-corrected chi connectivity index (χ1v) is 10.3. The molecule has 3 aromatic rings. The molecule has 0 bridgehead atoms. The van der Waals surface area contributed by atoms with Gasteiger partial charge in [-0.1, -0.05) is 12.1 Å². The van der Waals surface area contributed by atoms with Crippen LogP contribution < -0.4 is 10.9 Å². The van der Waals surface area contributed by atoms with E-state index in [-0.39, 0.29) is 24.0 Å². The van der Waals surface area contributed by atoms with Gasteiger partial charge in [0.05, 0.1) is 6.04 Å². The number of amides is 2. The summed E-state index contributed by atoms with van der Waals surface area (Å²) in [5.74, 6) is -2.11. The van der Waals surface area contributed by atoms with Gasteiger partial charge in [-0.25, -0.2) is 19.3 Å². The number of likely N-dealkylation sites (tertiary alicyclic amines) is 1. The maximum absolute atomic E-state index is 13.1. The van der Waals surface area contributed by atoms with Crippen molar-refractivity contribution in [2.24, 2.45) is 7.05 Å². The average molecular weight is 452 g/mol. The summed E-state index contributed by atoms with van der Waals surface area (Å²) in [6.45, 7) is 0.475. The Labute approximate surface area is 187 Å². The molecule has 170 valence electrons. The van der Waals surface area contributed by atoms with Crippen LogP contribution in [0.2, 0.25) is 0 Å². The van der Waals surface area contributed by atoms with E-state index in [1.165, 1.54) is 49.9 Å². The number of carbonyl (C=O) groups excluding carboxylic acids is 2. The lowest BCUT2D eigenvalue weighted by molar-refractivity contribution is 0.0720. The number of halogens is 1. The summed E-state index contributed by atoms with van der Waals surface area (Å²) in [5.41, 5.74) is -0.395. The van der Waals surface area contributed by atoms with E-state index in [9.17, 15) is 23.9 Å². The van der Waals surface area contributed by atoms with Crippen LogP contribution in [0.1, 0.15) is 51.2 Å². The number of nitrogens with zero attached hydrogens (tertiary/aromatic N) is 5. The van der Waals surface area contributed by atoms with Crippen LogP contribution in [0.5, 0.6) is 5.75 Å². The summed E-state index contributed by atoms with van der Waals surface area (Å²) in [6, 6.07) is 6.46. The van der Waals surface area contributed by atoms with Crippen molar-refractivity contribution in [3.8, 4) is 5.75 Å². The second-order valence-corrected chi connectivity index (χ2v) is 7.59. The van der Waals surface area contributed by atoms with Crippen LogP contribution in [-0.2, 0) is 13.6 Å². The van der Waals surface area contributed by atoms with Gasteiger partial charge in [0, 0.05) is 26.3 Å². The molecule has 2 amide bonds. The fraction of sp³-hybridized carbons (Fsp3) is 0.273. The molecule has 1 atom stereocenters. The van der Waals surface area contributed by atoms with Crippen molar-refractivity contribution in [3.05, 3.63) is 81.8 Å². The number of hydrogen-bond donors (Lipinski definition) is 2. The van der Waals surface area contributed by atoms with E-state index in [2.05, 4.69) is 20.3 Å². The molecular formula is C22H21FN6O4. The summed E-state index contributed by atoms with van der Waals surface area (Å²) >= 11 is 0. The number of aromatic nitrogens is 4. The monoisotopic (exact) mass is 452 g/mol. The van der Waals surface area contributed by atoms with Gasteiger partial charge >= 0.3 is 0 Å². The van der Waals surface area contributed by atoms with Crippen LogP contribution in [0.25, 0.3) is 0 Å². The first-order chi connectivity index (χ1) is 15.9. The number of hydrogen-bond acceptors (Lipinski definition) is 7. The zero-order valence-corrected chi connectivity index (χ0v) is 17.7. The van der Waals surface area contributed by atoms with E-state index in [1.54, 1.807) is 4.90 Å². The fourth-order valence-corrected chi connectivity index (χ4v) is 3.77. The lowest BCUT2D eigenvalue weighted by atomic mass is 10.1. The number of nitrogens with one attached hydrogen (secondary N) is 1. The molecule has 11 heteroatoms. The number of benzene rings is 1. The summed E-state index contributed by atoms with van der Waals surface area (Å²) in [4.78, 5) is 52.0. The van der Waals surface area contributed by atoms with E-state index in [4.69, 9.17) is 0 Å². The van der Waals surface area contributed by atoms with Crippen LogP contribution >= 0.6 is 0 Å². The topological polar surface area (TPSA) is 130 Å². The Hall–Kier alpha value is -4.15. The summed E-state index contributed by atoms with van der Waals surface area (Å²) in [7, 11) is 1.43. The van der Waals surface area contributed by atoms with E-state index >= 15 is 0 Å². The Balaban J connectivity index is 1.62. The van der Waals surface area contributed by atoms with Crippen molar-refractivity contribution < 1.29 is 19.1 Å². The van der Waals surface area contributed by atoms with Crippen LogP contribution in [0.3, 0.4) is 0 Å². The average Bonchev–Trinajstić information content (AvgIpc) is 3.32. The quantitative estimate of drug-likeness (QED) is 0.597. The molecule has 1 unspecified atom stereocenters. The van der Waals surface area contributed by atoms with Gasteiger partial charge in [-0.15, -0.1) is 0 Å². The summed E-state index contributed by atoms with van der Waals surface area (Å²) in [6.07, 6.45) is 3.93. The summed E-state index contributed by atoms with van der Waals surface area (Å²) in [5, 5.41) is 12.9. The molecule has 3 heterocycles. The number of rotatable bonds is 5. The number of aromatic hydroxyl groups is 1. The predicted octanol–water partition coefficient (Wildman–Crippen LogP) is 1.32. The van der Waals surface area contributed by atoms with Crippen molar-refractivity contribution in [2.75, 3.05) is 6.54 Å². The molecule has 1 saturated heterocycles. The molecule has 1 aliphatic heterocycles. The third kappa shape index (κ3) is 4.43. The lowest BCUT2D eigenvalue weighted by Gasteiger charge is -2.25. The first kappa shape index (κ1) is 22.1. The van der Waals surface area contributed by atoms with Crippen molar-refractivity contribution in [1.29, 1.82) is 0 Å². The molecule has 1 aliphatic rings. The van der Waals surface area contributed by atoms with E-state index in [0.29, 0.717) is 24.9 Å². The normalized spacial score (nSPS) is 15.5. The molecule has 0 spiro atoms. The lowest BCUT2D eigenvalue weighted by Crippen LogP contribution is -2.36. The second-order valence-electron chi connectivity index (χ2n) is 7.59. The van der Waals surface area contributed by atoms with Gasteiger partial charge in [0.2, 0.25) is 5.75 Å². The molecule has 0 aliphatic carbocycles. The minimum Gasteiger partial charge on any atom is -0.501 e. The minimum absolute atomic E-state index is 0.0481. The van der Waals surface area contributed by atoms with Gasteiger partial charge < -0.3 is 15.3 Å². The zero-order chi connectivity index (χ0) is 23.5. The Kier molecular flexibility index (Phi) is 6.11. The van der Waals surface area contributed by atoms with Gasteiger partial charge in [-0.05, 0) is 36.6 Å². The zero-order valence-electron chi connectivity index (χ0n) is 17.7. The van der Waals surface area contributed by atoms with Crippen molar-refractivity contribution in [3.63, 3.8) is 0 Å². The maximum Gasteiger partial charge on any atom is 0.296 e.